The predicted molar refractivity (Wildman–Crippen MR) is 30.9 cm³/mol. The molecular formula is C6H10F2O2. The Morgan fingerprint density at radius 2 is 2.20 bits per heavy atom. The zero-order valence-corrected chi connectivity index (χ0v) is 5.46. The lowest BCUT2D eigenvalue weighted by Crippen LogP contribution is -2.19. The standard InChI is InChI=1S/C6H10F2O2/c7-6(8)1-4-2-10-3-5(4)9/h4-6,9H,1-3H2. The molecule has 4 heteroatoms. The lowest BCUT2D eigenvalue weighted by atomic mass is 10.0. The van der Waals surface area contributed by atoms with Crippen molar-refractivity contribution in [3.05, 3.63) is 0 Å². The van der Waals surface area contributed by atoms with E-state index in [4.69, 9.17) is 9.84 Å². The maximum absolute atomic E-state index is 11.7. The molecule has 0 aromatic heterocycles. The molecule has 2 unspecified atom stereocenters. The molecule has 1 N–H and O–H groups in total. The summed E-state index contributed by atoms with van der Waals surface area (Å²) in [6.07, 6.45) is -3.27. The number of rotatable bonds is 2. The fourth-order valence-electron chi connectivity index (χ4n) is 1.04. The average molecular weight is 152 g/mol. The van der Waals surface area contributed by atoms with Crippen LogP contribution in [-0.4, -0.2) is 30.8 Å². The first-order valence-corrected chi connectivity index (χ1v) is 3.24. The number of hydrogen-bond donors (Lipinski definition) is 1. The van der Waals surface area contributed by atoms with Crippen molar-refractivity contribution in [1.82, 2.24) is 0 Å². The summed E-state index contributed by atoms with van der Waals surface area (Å²) in [5.41, 5.74) is 0. The van der Waals surface area contributed by atoms with Gasteiger partial charge in [0.15, 0.2) is 0 Å². The first-order chi connectivity index (χ1) is 4.70. The van der Waals surface area contributed by atoms with Crippen molar-refractivity contribution in [1.29, 1.82) is 0 Å². The van der Waals surface area contributed by atoms with E-state index >= 15 is 0 Å². The maximum atomic E-state index is 11.7. The van der Waals surface area contributed by atoms with E-state index in [1.807, 2.05) is 0 Å². The van der Waals surface area contributed by atoms with E-state index in [1.54, 1.807) is 0 Å². The van der Waals surface area contributed by atoms with Crippen molar-refractivity contribution in [2.24, 2.45) is 5.92 Å². The van der Waals surface area contributed by atoms with Crippen LogP contribution in [0.15, 0.2) is 0 Å². The third-order valence-electron chi connectivity index (χ3n) is 1.65. The molecule has 0 aromatic rings. The first kappa shape index (κ1) is 7.88. The fraction of sp³-hybridized carbons (Fsp3) is 1.00. The topological polar surface area (TPSA) is 29.5 Å². The van der Waals surface area contributed by atoms with Crippen molar-refractivity contribution in [3.8, 4) is 0 Å². The van der Waals surface area contributed by atoms with Gasteiger partial charge < -0.3 is 9.84 Å². The zero-order chi connectivity index (χ0) is 7.56. The second kappa shape index (κ2) is 3.25. The van der Waals surface area contributed by atoms with Crippen LogP contribution in [0.4, 0.5) is 8.78 Å². The molecule has 0 saturated carbocycles. The minimum atomic E-state index is -2.33. The summed E-state index contributed by atoms with van der Waals surface area (Å²) < 4.78 is 28.2. The smallest absolute Gasteiger partial charge is 0.239 e. The largest absolute Gasteiger partial charge is 0.390 e. The molecule has 10 heavy (non-hydrogen) atoms. The molecule has 1 heterocycles. The van der Waals surface area contributed by atoms with Crippen LogP contribution in [-0.2, 0) is 4.74 Å². The molecule has 2 atom stereocenters. The second-order valence-electron chi connectivity index (χ2n) is 2.49. The third kappa shape index (κ3) is 1.88. The summed E-state index contributed by atoms with van der Waals surface area (Å²) in [6, 6.07) is 0. The zero-order valence-electron chi connectivity index (χ0n) is 5.46. The molecule has 0 amide bonds. The van der Waals surface area contributed by atoms with Gasteiger partial charge in [0.05, 0.1) is 19.3 Å². The predicted octanol–water partition coefficient (Wildman–Crippen LogP) is 0.649. The molecule has 1 fully saturated rings. The summed E-state index contributed by atoms with van der Waals surface area (Å²) >= 11 is 0. The van der Waals surface area contributed by atoms with Crippen LogP contribution in [0.2, 0.25) is 0 Å². The molecule has 0 spiro atoms. The lowest BCUT2D eigenvalue weighted by molar-refractivity contribution is 0.0723. The Balaban J connectivity index is 2.26. The minimum absolute atomic E-state index is 0.206. The van der Waals surface area contributed by atoms with E-state index in [1.165, 1.54) is 0 Å². The van der Waals surface area contributed by atoms with E-state index in [0.29, 0.717) is 0 Å². The van der Waals surface area contributed by atoms with Gasteiger partial charge in [0.25, 0.3) is 0 Å². The van der Waals surface area contributed by atoms with Gasteiger partial charge in [-0.1, -0.05) is 0 Å². The summed E-state index contributed by atoms with van der Waals surface area (Å²) in [5, 5.41) is 8.98. The highest BCUT2D eigenvalue weighted by molar-refractivity contribution is 4.74. The summed E-state index contributed by atoms with van der Waals surface area (Å²) in [5.74, 6) is -0.361. The number of alkyl halides is 2. The third-order valence-corrected chi connectivity index (χ3v) is 1.65. The molecule has 1 saturated heterocycles. The van der Waals surface area contributed by atoms with Crippen molar-refractivity contribution in [2.75, 3.05) is 13.2 Å². The van der Waals surface area contributed by atoms with E-state index in [2.05, 4.69) is 0 Å². The Bertz CT molecular complexity index is 108. The number of aliphatic hydroxyl groups is 1. The molecular weight excluding hydrogens is 142 g/mol. The van der Waals surface area contributed by atoms with Gasteiger partial charge in [-0.15, -0.1) is 0 Å². The van der Waals surface area contributed by atoms with Gasteiger partial charge in [-0.2, -0.15) is 0 Å². The lowest BCUT2D eigenvalue weighted by Gasteiger charge is -2.09. The van der Waals surface area contributed by atoms with Crippen LogP contribution in [0, 0.1) is 5.92 Å². The second-order valence-corrected chi connectivity index (χ2v) is 2.49. The Morgan fingerprint density at radius 1 is 1.50 bits per heavy atom. The highest BCUT2D eigenvalue weighted by Gasteiger charge is 2.28. The Hall–Kier alpha value is -0.220. The highest BCUT2D eigenvalue weighted by atomic mass is 19.3. The van der Waals surface area contributed by atoms with Crippen LogP contribution >= 0.6 is 0 Å². The van der Waals surface area contributed by atoms with Gasteiger partial charge in [-0.05, 0) is 0 Å². The van der Waals surface area contributed by atoms with Crippen LogP contribution in [0.1, 0.15) is 6.42 Å². The van der Waals surface area contributed by atoms with Crippen LogP contribution in [0.3, 0.4) is 0 Å². The number of halogens is 2. The Morgan fingerprint density at radius 3 is 2.60 bits per heavy atom. The SMILES string of the molecule is OC1COCC1CC(F)F. The summed E-state index contributed by atoms with van der Waals surface area (Å²) in [6.45, 7) is 0.475. The molecule has 0 bridgehead atoms. The Kier molecular flexibility index (Phi) is 2.56. The van der Waals surface area contributed by atoms with Gasteiger partial charge in [0, 0.05) is 12.3 Å². The molecule has 0 aliphatic carbocycles. The van der Waals surface area contributed by atoms with Crippen LogP contribution in [0.25, 0.3) is 0 Å². The quantitative estimate of drug-likeness (QED) is 0.629. The molecule has 60 valence electrons. The normalized spacial score (nSPS) is 33.6. The monoisotopic (exact) mass is 152 g/mol. The van der Waals surface area contributed by atoms with E-state index < -0.39 is 12.5 Å². The first-order valence-electron chi connectivity index (χ1n) is 3.24. The number of aliphatic hydroxyl groups excluding tert-OH is 1. The van der Waals surface area contributed by atoms with Gasteiger partial charge in [0.2, 0.25) is 6.43 Å². The molecule has 0 aromatic carbocycles. The van der Waals surface area contributed by atoms with Gasteiger partial charge >= 0.3 is 0 Å². The van der Waals surface area contributed by atoms with Gasteiger partial charge in [0.1, 0.15) is 0 Å². The average Bonchev–Trinajstić information content (AvgIpc) is 2.15. The van der Waals surface area contributed by atoms with E-state index in [0.717, 1.165) is 0 Å². The highest BCUT2D eigenvalue weighted by Crippen LogP contribution is 2.20. The Labute approximate surface area is 57.8 Å². The summed E-state index contributed by atoms with van der Waals surface area (Å²) in [4.78, 5) is 0. The van der Waals surface area contributed by atoms with Crippen LogP contribution < -0.4 is 0 Å². The maximum Gasteiger partial charge on any atom is 0.239 e. The molecule has 1 aliphatic rings. The van der Waals surface area contributed by atoms with Crippen molar-refractivity contribution in [2.45, 2.75) is 19.0 Å². The van der Waals surface area contributed by atoms with E-state index in [9.17, 15) is 8.78 Å². The molecule has 2 nitrogen and oxygen atoms in total. The number of ether oxygens (including phenoxy) is 1. The van der Waals surface area contributed by atoms with Gasteiger partial charge in [-0.25, -0.2) is 8.78 Å². The molecule has 1 rings (SSSR count). The van der Waals surface area contributed by atoms with Gasteiger partial charge in [-0.3, -0.25) is 0 Å². The van der Waals surface area contributed by atoms with Crippen molar-refractivity contribution < 1.29 is 18.6 Å². The summed E-state index contributed by atoms with van der Waals surface area (Å²) in [7, 11) is 0. The van der Waals surface area contributed by atoms with Crippen molar-refractivity contribution >= 4 is 0 Å². The number of hydrogen-bond acceptors (Lipinski definition) is 2. The van der Waals surface area contributed by atoms with Crippen molar-refractivity contribution in [3.63, 3.8) is 0 Å². The fourth-order valence-corrected chi connectivity index (χ4v) is 1.04. The van der Waals surface area contributed by atoms with E-state index in [-0.39, 0.29) is 25.6 Å². The molecule has 1 aliphatic heterocycles. The molecule has 0 radical (unpaired) electrons. The minimum Gasteiger partial charge on any atom is -0.390 e. The van der Waals surface area contributed by atoms with Crippen LogP contribution in [0.5, 0.6) is 0 Å².